The number of hydrogen-bond acceptors (Lipinski definition) is 2. The first-order chi connectivity index (χ1) is 7.91. The molecule has 2 N–H and O–H groups in total. The Labute approximate surface area is 98.1 Å². The molecule has 0 aliphatic rings. The Balaban J connectivity index is 3.43. The van der Waals surface area contributed by atoms with Crippen molar-refractivity contribution >= 4 is 0 Å². The van der Waals surface area contributed by atoms with E-state index < -0.39 is 0 Å². The van der Waals surface area contributed by atoms with Gasteiger partial charge in [0.25, 0.3) is 0 Å². The predicted octanol–water partition coefficient (Wildman–Crippen LogP) is 1.32. The van der Waals surface area contributed by atoms with Gasteiger partial charge in [-0.15, -0.1) is 5.92 Å². The summed E-state index contributed by atoms with van der Waals surface area (Å²) in [5.41, 5.74) is 0. The molecule has 0 aromatic heterocycles. The molecule has 0 aromatic rings. The Kier molecular flexibility index (Phi) is 12.4. The summed E-state index contributed by atoms with van der Waals surface area (Å²) in [4.78, 5) is 0. The van der Waals surface area contributed by atoms with Gasteiger partial charge in [0.15, 0.2) is 0 Å². The van der Waals surface area contributed by atoms with Gasteiger partial charge in [-0.2, -0.15) is 0 Å². The molecule has 2 heteroatoms. The monoisotopic (exact) mass is 218 g/mol. The molecule has 0 saturated heterocycles. The van der Waals surface area contributed by atoms with Crippen molar-refractivity contribution in [3.05, 3.63) is 0 Å². The van der Waals surface area contributed by atoms with E-state index in [-0.39, 0.29) is 13.2 Å². The molecule has 0 aliphatic heterocycles. The Morgan fingerprint density at radius 1 is 0.562 bits per heavy atom. The topological polar surface area (TPSA) is 40.5 Å². The van der Waals surface area contributed by atoms with E-state index in [1.165, 1.54) is 0 Å². The molecule has 16 heavy (non-hydrogen) atoms. The van der Waals surface area contributed by atoms with E-state index in [2.05, 4.69) is 35.5 Å². The molecule has 0 aromatic carbocycles. The molecular weight excluding hydrogens is 200 g/mol. The average molecular weight is 218 g/mol. The van der Waals surface area contributed by atoms with Crippen LogP contribution in [0.2, 0.25) is 0 Å². The van der Waals surface area contributed by atoms with Crippen molar-refractivity contribution in [2.24, 2.45) is 0 Å². The summed E-state index contributed by atoms with van der Waals surface area (Å²) in [5.74, 6) is 17.4. The van der Waals surface area contributed by atoms with E-state index in [9.17, 15) is 0 Å². The fourth-order valence-corrected chi connectivity index (χ4v) is 0.896. The highest BCUT2D eigenvalue weighted by molar-refractivity contribution is 5.16. The van der Waals surface area contributed by atoms with Gasteiger partial charge in [0.1, 0.15) is 0 Å². The number of unbranched alkanes of at least 4 members (excludes halogenated alkanes) is 2. The first-order valence-corrected chi connectivity index (χ1v) is 5.50. The smallest absolute Gasteiger partial charge is 0.0703 e. The van der Waals surface area contributed by atoms with Gasteiger partial charge in [-0.1, -0.05) is 29.6 Å². The van der Waals surface area contributed by atoms with Gasteiger partial charge < -0.3 is 10.2 Å². The van der Waals surface area contributed by atoms with Crippen LogP contribution in [0.25, 0.3) is 0 Å². The van der Waals surface area contributed by atoms with Crippen LogP contribution in [-0.4, -0.2) is 23.4 Å². The number of aliphatic hydroxyl groups excluding tert-OH is 2. The second kappa shape index (κ2) is 13.6. The zero-order chi connectivity index (χ0) is 11.9. The maximum Gasteiger partial charge on any atom is 0.0703 e. The normalized spacial score (nSPS) is 7.88. The summed E-state index contributed by atoms with van der Waals surface area (Å²) in [7, 11) is 0. The minimum atomic E-state index is 0.111. The molecule has 0 amide bonds. The molecule has 0 radical (unpaired) electrons. The Hall–Kier alpha value is -1.40. The first-order valence-electron chi connectivity index (χ1n) is 5.50. The standard InChI is InChI=1S/C14H18O2/c15-13-11-9-7-5-3-1-2-4-6-8-10-12-14-16/h15-16H,1,6-7,9,11-14H2. The van der Waals surface area contributed by atoms with Crippen LogP contribution in [0.3, 0.4) is 0 Å². The second-order valence-corrected chi connectivity index (χ2v) is 3.07. The minimum absolute atomic E-state index is 0.111. The van der Waals surface area contributed by atoms with Gasteiger partial charge in [0.05, 0.1) is 19.4 Å². The Morgan fingerprint density at radius 2 is 1.12 bits per heavy atom. The van der Waals surface area contributed by atoms with E-state index in [0.717, 1.165) is 19.3 Å². The molecule has 0 saturated carbocycles. The third-order valence-electron chi connectivity index (χ3n) is 1.68. The fraction of sp³-hybridized carbons (Fsp3) is 0.571. The molecule has 0 rings (SSSR count). The molecule has 0 spiro atoms. The minimum Gasteiger partial charge on any atom is -0.396 e. The molecule has 0 fully saturated rings. The van der Waals surface area contributed by atoms with Crippen LogP contribution in [-0.2, 0) is 0 Å². The van der Waals surface area contributed by atoms with Crippen LogP contribution in [0.1, 0.15) is 38.5 Å². The summed E-state index contributed by atoms with van der Waals surface area (Å²) < 4.78 is 0. The van der Waals surface area contributed by atoms with Gasteiger partial charge in [0.2, 0.25) is 0 Å². The summed E-state index contributed by atoms with van der Waals surface area (Å²) in [6.07, 6.45) is 4.25. The molecule has 0 bridgehead atoms. The van der Waals surface area contributed by atoms with Crippen LogP contribution in [0.5, 0.6) is 0 Å². The van der Waals surface area contributed by atoms with Crippen LogP contribution in [0.4, 0.5) is 0 Å². The second-order valence-electron chi connectivity index (χ2n) is 3.07. The molecular formula is C14H18O2. The van der Waals surface area contributed by atoms with Crippen molar-refractivity contribution in [3.8, 4) is 35.5 Å². The summed E-state index contributed by atoms with van der Waals surface area (Å²) in [6.45, 7) is 0.355. The molecule has 0 atom stereocenters. The van der Waals surface area contributed by atoms with E-state index in [1.807, 2.05) is 0 Å². The quantitative estimate of drug-likeness (QED) is 0.552. The molecule has 0 aliphatic carbocycles. The average Bonchev–Trinajstić information content (AvgIpc) is 2.31. The highest BCUT2D eigenvalue weighted by Crippen LogP contribution is 1.91. The van der Waals surface area contributed by atoms with E-state index in [0.29, 0.717) is 19.3 Å². The van der Waals surface area contributed by atoms with Crippen LogP contribution in [0.15, 0.2) is 0 Å². The number of hydrogen-bond donors (Lipinski definition) is 2. The fourth-order valence-electron chi connectivity index (χ4n) is 0.896. The summed E-state index contributed by atoms with van der Waals surface area (Å²) in [6, 6.07) is 0. The largest absolute Gasteiger partial charge is 0.396 e. The molecule has 0 unspecified atom stereocenters. The molecule has 0 heterocycles. The van der Waals surface area contributed by atoms with Crippen molar-refractivity contribution in [1.29, 1.82) is 0 Å². The lowest BCUT2D eigenvalue weighted by Gasteiger charge is -1.87. The molecule has 86 valence electrons. The Bertz CT molecular complexity index is 325. The van der Waals surface area contributed by atoms with Gasteiger partial charge in [-0.3, -0.25) is 0 Å². The van der Waals surface area contributed by atoms with Gasteiger partial charge in [-0.25, -0.2) is 0 Å². The zero-order valence-corrected chi connectivity index (χ0v) is 9.55. The summed E-state index contributed by atoms with van der Waals surface area (Å²) in [5, 5.41) is 17.0. The van der Waals surface area contributed by atoms with E-state index in [1.54, 1.807) is 0 Å². The lowest BCUT2D eigenvalue weighted by atomic mass is 10.2. The predicted molar refractivity (Wildman–Crippen MR) is 65.2 cm³/mol. The third-order valence-corrected chi connectivity index (χ3v) is 1.68. The van der Waals surface area contributed by atoms with Crippen molar-refractivity contribution in [2.45, 2.75) is 38.5 Å². The summed E-state index contributed by atoms with van der Waals surface area (Å²) >= 11 is 0. The third kappa shape index (κ3) is 12.6. The van der Waals surface area contributed by atoms with E-state index in [4.69, 9.17) is 10.2 Å². The van der Waals surface area contributed by atoms with Crippen molar-refractivity contribution in [2.75, 3.05) is 13.2 Å². The maximum atomic E-state index is 8.53. The van der Waals surface area contributed by atoms with Crippen molar-refractivity contribution in [3.63, 3.8) is 0 Å². The van der Waals surface area contributed by atoms with Crippen LogP contribution < -0.4 is 0 Å². The van der Waals surface area contributed by atoms with Crippen molar-refractivity contribution in [1.82, 2.24) is 0 Å². The van der Waals surface area contributed by atoms with Gasteiger partial charge >= 0.3 is 0 Å². The lowest BCUT2D eigenvalue weighted by Crippen LogP contribution is -1.80. The first kappa shape index (κ1) is 14.6. The van der Waals surface area contributed by atoms with Gasteiger partial charge in [0, 0.05) is 19.4 Å². The highest BCUT2D eigenvalue weighted by atomic mass is 16.3. The maximum absolute atomic E-state index is 8.53. The lowest BCUT2D eigenvalue weighted by molar-refractivity contribution is 0.285. The Morgan fingerprint density at radius 3 is 1.69 bits per heavy atom. The van der Waals surface area contributed by atoms with Gasteiger partial charge in [-0.05, 0) is 12.8 Å². The zero-order valence-electron chi connectivity index (χ0n) is 9.55. The van der Waals surface area contributed by atoms with Crippen LogP contribution in [0, 0.1) is 35.5 Å². The highest BCUT2D eigenvalue weighted by Gasteiger charge is 1.80. The molecule has 2 nitrogen and oxygen atoms in total. The number of aliphatic hydroxyl groups is 2. The SMILES string of the molecule is OCCC#CCC#CCC#CCCCCO. The van der Waals surface area contributed by atoms with E-state index >= 15 is 0 Å². The van der Waals surface area contributed by atoms with Crippen molar-refractivity contribution < 1.29 is 10.2 Å². The number of rotatable bonds is 4. The van der Waals surface area contributed by atoms with Crippen LogP contribution >= 0.6 is 0 Å².